The van der Waals surface area contributed by atoms with Crippen molar-refractivity contribution in [3.8, 4) is 0 Å². The van der Waals surface area contributed by atoms with Gasteiger partial charge in [-0.3, -0.25) is 0 Å². The van der Waals surface area contributed by atoms with Crippen molar-refractivity contribution in [3.05, 3.63) is 177 Å². The molecule has 10 heteroatoms. The molecule has 9 nitrogen and oxygen atoms in total. The number of rotatable bonds is 10. The average molecular weight is 738 g/mol. The van der Waals surface area contributed by atoms with Gasteiger partial charge in [-0.05, 0) is 0 Å². The summed E-state index contributed by atoms with van der Waals surface area (Å²) in [6, 6.07) is 39.5. The van der Waals surface area contributed by atoms with E-state index in [4.69, 9.17) is 14.2 Å². The molecule has 1 N–H and O–H groups in total. The molecule has 2 saturated heterocycles. The third kappa shape index (κ3) is 6.71. The number of aliphatic hydroxyl groups is 1. The first kappa shape index (κ1) is 34.1. The number of aromatic nitrogens is 2. The van der Waals surface area contributed by atoms with Crippen molar-refractivity contribution in [2.75, 3.05) is 13.2 Å². The first-order valence-electron chi connectivity index (χ1n) is 16.8. The Bertz CT molecular complexity index is 1900. The number of nitrogens with zero attached hydrogens (tertiary/aromatic N) is 2. The molecule has 1 aromatic heterocycles. The van der Waals surface area contributed by atoms with Crippen LogP contribution in [0.3, 0.4) is 0 Å². The molecule has 256 valence electrons. The zero-order valence-corrected chi connectivity index (χ0v) is 29.0. The Labute approximate surface area is 296 Å². The normalized spacial score (nSPS) is 22.3. The van der Waals surface area contributed by atoms with Gasteiger partial charge in [0, 0.05) is 0 Å². The molecule has 0 saturated carbocycles. The van der Waals surface area contributed by atoms with E-state index in [9.17, 15) is 19.5 Å². The van der Waals surface area contributed by atoms with E-state index >= 15 is 0 Å². The average Bonchev–Trinajstić information content (AvgIpc) is 3.47. The van der Waals surface area contributed by atoms with Crippen molar-refractivity contribution in [1.29, 1.82) is 0 Å². The molecule has 2 fully saturated rings. The number of hydrogen-bond donors (Lipinski definition) is 1. The van der Waals surface area contributed by atoms with Crippen LogP contribution >= 0.6 is 0 Å². The van der Waals surface area contributed by atoms with Crippen LogP contribution in [0.15, 0.2) is 143 Å². The van der Waals surface area contributed by atoms with E-state index in [0.717, 1.165) is 29.5 Å². The molecule has 2 aliphatic rings. The van der Waals surface area contributed by atoms with Gasteiger partial charge >= 0.3 is 297 Å². The van der Waals surface area contributed by atoms with Gasteiger partial charge in [0.15, 0.2) is 0 Å². The van der Waals surface area contributed by atoms with Gasteiger partial charge in [-0.2, -0.15) is 0 Å². The monoisotopic (exact) mass is 738 g/mol. The number of carbonyl (C=O) groups excluding carboxylic acids is 1. The van der Waals surface area contributed by atoms with Gasteiger partial charge in [0.05, 0.1) is 0 Å². The van der Waals surface area contributed by atoms with Crippen LogP contribution in [-0.4, -0.2) is 66.8 Å². The fourth-order valence-electron chi connectivity index (χ4n) is 6.80. The van der Waals surface area contributed by atoms with Crippen LogP contribution < -0.4 is 11.2 Å². The van der Waals surface area contributed by atoms with Crippen LogP contribution in [0.2, 0.25) is 4.82 Å². The second-order valence-corrected chi connectivity index (χ2v) is 15.2. The van der Waals surface area contributed by atoms with E-state index in [2.05, 4.69) is 0 Å². The first-order valence-corrected chi connectivity index (χ1v) is 18.8. The third-order valence-corrected chi connectivity index (χ3v) is 12.5. The Morgan fingerprint density at radius 3 is 1.90 bits per heavy atom. The third-order valence-electron chi connectivity index (χ3n) is 9.27. The summed E-state index contributed by atoms with van der Waals surface area (Å²) in [5.41, 5.74) is 0.492. The van der Waals surface area contributed by atoms with Gasteiger partial charge in [-0.1, -0.05) is 0 Å². The van der Waals surface area contributed by atoms with Gasteiger partial charge in [0.2, 0.25) is 0 Å². The number of hydrogen-bond acceptors (Lipinski definition) is 7. The summed E-state index contributed by atoms with van der Waals surface area (Å²) in [5.74, 6) is -0.725. The fraction of sp³-hybridized carbons (Fsp3) is 0.275. The second kappa shape index (κ2) is 15.2. The summed E-state index contributed by atoms with van der Waals surface area (Å²) < 4.78 is 21.6. The molecule has 0 spiro atoms. The molecule has 5 atom stereocenters. The zero-order valence-electron chi connectivity index (χ0n) is 27.3. The molecule has 0 amide bonds. The van der Waals surface area contributed by atoms with Gasteiger partial charge < -0.3 is 0 Å². The van der Waals surface area contributed by atoms with Crippen LogP contribution in [-0.2, 0) is 19.8 Å². The minimum atomic E-state index is -1.14. The molecule has 7 rings (SSSR count). The predicted octanol–water partition coefficient (Wildman–Crippen LogP) is 4.98. The standard InChI is InChI=1S/C40H38N2O7Se/c43-33-24-25-41(39(46)42(33)37(45)28-15-5-1-6-16-28)38-35(44)36(49-34-23-13-14-26-47-34)32(50-38)27-48-40(29-17-7-2-8-18-29,30-19-9-3-10-20-30)31-21-11-4-12-22-31/h1-12,15-22,24-25,32,34-36,38,44H,13-14,23,26-27H2/t32-,34?,35+,36-,38-/m1/s1. The Morgan fingerprint density at radius 2 is 1.36 bits per heavy atom. The molecular formula is C40H38N2O7Se. The summed E-state index contributed by atoms with van der Waals surface area (Å²) in [6.45, 7) is 0.745. The van der Waals surface area contributed by atoms with E-state index in [0.29, 0.717) is 17.6 Å². The number of carbonyl (C=O) groups is 1. The number of ether oxygens (including phenoxy) is 3. The second-order valence-electron chi connectivity index (χ2n) is 12.4. The minimum absolute atomic E-state index is 0.182. The molecule has 3 heterocycles. The molecule has 0 aliphatic carbocycles. The summed E-state index contributed by atoms with van der Waals surface area (Å²) in [5, 5.41) is 12.0. The number of benzene rings is 4. The Morgan fingerprint density at radius 1 is 0.800 bits per heavy atom. The summed E-state index contributed by atoms with van der Waals surface area (Å²) in [4.78, 5) is 39.1. The quantitative estimate of drug-likeness (QED) is 0.159. The van der Waals surface area contributed by atoms with E-state index in [1.165, 1.54) is 16.8 Å². The van der Waals surface area contributed by atoms with Crippen molar-refractivity contribution >= 4 is 20.9 Å². The summed E-state index contributed by atoms with van der Waals surface area (Å²) >= 11 is -0.490. The Balaban J connectivity index is 1.27. The molecular weight excluding hydrogens is 699 g/mol. The van der Waals surface area contributed by atoms with Gasteiger partial charge in [0.25, 0.3) is 0 Å². The van der Waals surface area contributed by atoms with Crippen LogP contribution in [0.4, 0.5) is 0 Å². The van der Waals surface area contributed by atoms with Crippen LogP contribution in [0.5, 0.6) is 0 Å². The van der Waals surface area contributed by atoms with Crippen molar-refractivity contribution in [3.63, 3.8) is 0 Å². The molecule has 0 radical (unpaired) electrons. The maximum absolute atomic E-state index is 13.9. The Hall–Kier alpha value is -4.41. The number of aliphatic hydroxyl groups excluding tert-OH is 1. The van der Waals surface area contributed by atoms with Gasteiger partial charge in [-0.25, -0.2) is 0 Å². The molecule has 5 aromatic rings. The molecule has 4 aromatic carbocycles. The molecule has 0 bridgehead atoms. The molecule has 2 aliphatic heterocycles. The van der Waals surface area contributed by atoms with Crippen molar-refractivity contribution < 1.29 is 24.1 Å². The van der Waals surface area contributed by atoms with Crippen molar-refractivity contribution in [1.82, 2.24) is 9.13 Å². The predicted molar refractivity (Wildman–Crippen MR) is 189 cm³/mol. The van der Waals surface area contributed by atoms with Gasteiger partial charge in [-0.15, -0.1) is 0 Å². The first-order chi connectivity index (χ1) is 24.5. The topological polar surface area (TPSA) is 109 Å². The molecule has 50 heavy (non-hydrogen) atoms. The van der Waals surface area contributed by atoms with E-state index in [1.807, 2.05) is 91.0 Å². The Kier molecular flexibility index (Phi) is 10.4. The van der Waals surface area contributed by atoms with Crippen LogP contribution in [0.25, 0.3) is 0 Å². The zero-order chi connectivity index (χ0) is 34.5. The van der Waals surface area contributed by atoms with Crippen LogP contribution in [0, 0.1) is 0 Å². The van der Waals surface area contributed by atoms with Crippen LogP contribution in [0.1, 0.15) is 51.3 Å². The van der Waals surface area contributed by atoms with E-state index in [-0.39, 0.29) is 17.0 Å². The van der Waals surface area contributed by atoms with Gasteiger partial charge in [0.1, 0.15) is 0 Å². The van der Waals surface area contributed by atoms with E-state index in [1.54, 1.807) is 30.3 Å². The SMILES string of the molecule is O=C(c1ccccc1)n1c(=O)ccn([C@@H]2[Se][C@H](COC(c3ccccc3)(c3ccccc3)c3ccccc3)[C@@H](OC3CCCCO3)[C@@H]2O)c1=O. The van der Waals surface area contributed by atoms with E-state index < -0.39 is 61.2 Å². The van der Waals surface area contributed by atoms with Crippen molar-refractivity contribution in [2.24, 2.45) is 0 Å². The molecule has 1 unspecified atom stereocenters. The fourth-order valence-corrected chi connectivity index (χ4v) is 9.93. The van der Waals surface area contributed by atoms with Crippen molar-refractivity contribution in [2.45, 2.75) is 53.1 Å². The maximum atomic E-state index is 13.9. The summed E-state index contributed by atoms with van der Waals surface area (Å²) in [6.07, 6.45) is 1.56. The summed E-state index contributed by atoms with van der Waals surface area (Å²) in [7, 11) is 0.